The van der Waals surface area contributed by atoms with E-state index in [0.717, 1.165) is 34.8 Å². The molecule has 0 amide bonds. The first kappa shape index (κ1) is 14.2. The molecule has 2 heterocycles. The molecule has 0 radical (unpaired) electrons. The summed E-state index contributed by atoms with van der Waals surface area (Å²) in [5, 5.41) is 0.719. The van der Waals surface area contributed by atoms with Crippen LogP contribution in [0.2, 0.25) is 5.02 Å². The fourth-order valence-corrected chi connectivity index (χ4v) is 3.44. The van der Waals surface area contributed by atoms with Crippen LogP contribution in [0.15, 0.2) is 18.2 Å². The van der Waals surface area contributed by atoms with Gasteiger partial charge in [-0.05, 0) is 38.6 Å². The smallest absolute Gasteiger partial charge is 0.111 e. The van der Waals surface area contributed by atoms with Crippen molar-refractivity contribution in [2.45, 2.75) is 31.8 Å². The summed E-state index contributed by atoms with van der Waals surface area (Å²) < 4.78 is 2.30. The van der Waals surface area contributed by atoms with Crippen molar-refractivity contribution in [1.82, 2.24) is 14.5 Å². The van der Waals surface area contributed by atoms with Crippen molar-refractivity contribution in [2.24, 2.45) is 0 Å². The Labute approximate surface area is 129 Å². The molecule has 1 aliphatic heterocycles. The lowest BCUT2D eigenvalue weighted by atomic mass is 10.2. The van der Waals surface area contributed by atoms with Gasteiger partial charge in [-0.15, -0.1) is 11.6 Å². The summed E-state index contributed by atoms with van der Waals surface area (Å²) >= 11 is 12.2. The Kier molecular flexibility index (Phi) is 4.20. The molecule has 20 heavy (non-hydrogen) atoms. The van der Waals surface area contributed by atoms with Gasteiger partial charge in [0.25, 0.3) is 0 Å². The van der Waals surface area contributed by atoms with Crippen LogP contribution in [0.5, 0.6) is 0 Å². The molecule has 1 aromatic carbocycles. The number of hydrogen-bond donors (Lipinski definition) is 0. The number of fused-ring (bicyclic) bond motifs is 1. The van der Waals surface area contributed by atoms with Crippen LogP contribution >= 0.6 is 23.2 Å². The predicted molar refractivity (Wildman–Crippen MR) is 84.8 cm³/mol. The summed E-state index contributed by atoms with van der Waals surface area (Å²) in [4.78, 5) is 7.13. The third-order valence-corrected chi connectivity index (χ3v) is 4.69. The van der Waals surface area contributed by atoms with Crippen LogP contribution in [0.3, 0.4) is 0 Å². The molecular formula is C15H19Cl2N3. The largest absolute Gasteiger partial charge is 0.326 e. The Hall–Kier alpha value is -0.770. The van der Waals surface area contributed by atoms with Gasteiger partial charge in [0.05, 0.1) is 10.5 Å². The highest BCUT2D eigenvalue weighted by atomic mass is 35.5. The molecule has 1 aliphatic rings. The number of rotatable bonds is 4. The van der Waals surface area contributed by atoms with Crippen LogP contribution in [0, 0.1) is 0 Å². The third kappa shape index (κ3) is 2.54. The van der Waals surface area contributed by atoms with E-state index in [0.29, 0.717) is 11.9 Å². The minimum atomic E-state index is 0.584. The Morgan fingerprint density at radius 3 is 2.95 bits per heavy atom. The molecule has 5 heteroatoms. The maximum Gasteiger partial charge on any atom is 0.111 e. The number of imidazole rings is 1. The summed E-state index contributed by atoms with van der Waals surface area (Å²) in [6.45, 7) is 2.16. The summed E-state index contributed by atoms with van der Waals surface area (Å²) in [6, 6.07) is 6.57. The summed E-state index contributed by atoms with van der Waals surface area (Å²) in [6.07, 6.45) is 3.31. The van der Waals surface area contributed by atoms with Gasteiger partial charge in [-0.3, -0.25) is 0 Å². The number of halogens is 2. The van der Waals surface area contributed by atoms with Gasteiger partial charge in [-0.2, -0.15) is 0 Å². The van der Waals surface area contributed by atoms with Gasteiger partial charge in [0.15, 0.2) is 0 Å². The van der Waals surface area contributed by atoms with Crippen molar-refractivity contribution in [1.29, 1.82) is 0 Å². The number of benzene rings is 1. The van der Waals surface area contributed by atoms with Crippen LogP contribution in [0.1, 0.15) is 18.7 Å². The maximum atomic E-state index is 6.27. The molecule has 3 rings (SSSR count). The van der Waals surface area contributed by atoms with Crippen LogP contribution in [0.4, 0.5) is 0 Å². The van der Waals surface area contributed by atoms with Crippen molar-refractivity contribution < 1.29 is 0 Å². The summed E-state index contributed by atoms with van der Waals surface area (Å²) in [7, 11) is 2.20. The first-order valence-corrected chi connectivity index (χ1v) is 8.02. The highest BCUT2D eigenvalue weighted by Gasteiger charge is 2.23. The average Bonchev–Trinajstić information content (AvgIpc) is 2.98. The second-order valence-corrected chi connectivity index (χ2v) is 6.25. The minimum absolute atomic E-state index is 0.584. The first-order valence-electron chi connectivity index (χ1n) is 7.10. The summed E-state index contributed by atoms with van der Waals surface area (Å²) in [5.74, 6) is 1.63. The lowest BCUT2D eigenvalue weighted by molar-refractivity contribution is 0.282. The second-order valence-electron chi connectivity index (χ2n) is 5.46. The van der Waals surface area contributed by atoms with Crippen molar-refractivity contribution in [2.75, 3.05) is 19.5 Å². The predicted octanol–water partition coefficient (Wildman–Crippen LogP) is 3.57. The van der Waals surface area contributed by atoms with Crippen molar-refractivity contribution in [3.05, 3.63) is 29.0 Å². The fourth-order valence-electron chi connectivity index (χ4n) is 3.06. The Morgan fingerprint density at radius 2 is 2.25 bits per heavy atom. The van der Waals surface area contributed by atoms with E-state index in [4.69, 9.17) is 28.2 Å². The molecule has 3 nitrogen and oxygen atoms in total. The third-order valence-electron chi connectivity index (χ3n) is 4.19. The highest BCUT2D eigenvalue weighted by molar-refractivity contribution is 6.34. The average molecular weight is 312 g/mol. The second kappa shape index (κ2) is 5.92. The first-order chi connectivity index (χ1) is 9.70. The zero-order valence-corrected chi connectivity index (χ0v) is 13.2. The van der Waals surface area contributed by atoms with E-state index in [1.54, 1.807) is 0 Å². The molecule has 1 atom stereocenters. The van der Waals surface area contributed by atoms with Gasteiger partial charge in [0.1, 0.15) is 11.3 Å². The SMILES string of the molecule is CN1CCCC1Cn1c(CCCl)nc2c(Cl)cccc21. The van der Waals surface area contributed by atoms with Crippen molar-refractivity contribution >= 4 is 34.2 Å². The molecule has 0 bridgehead atoms. The Bertz CT molecular complexity index is 608. The number of aromatic nitrogens is 2. The number of likely N-dealkylation sites (N-methyl/N-ethyl adjacent to an activating group) is 1. The number of nitrogens with zero attached hydrogens (tertiary/aromatic N) is 3. The molecule has 0 saturated carbocycles. The number of alkyl halides is 1. The number of para-hydroxylation sites is 1. The zero-order valence-electron chi connectivity index (χ0n) is 11.6. The molecule has 1 aromatic heterocycles. The van der Waals surface area contributed by atoms with Gasteiger partial charge < -0.3 is 9.47 Å². The number of hydrogen-bond acceptors (Lipinski definition) is 2. The van der Waals surface area contributed by atoms with E-state index >= 15 is 0 Å². The molecule has 1 unspecified atom stereocenters. The van der Waals surface area contributed by atoms with Gasteiger partial charge in [-0.25, -0.2) is 4.98 Å². The normalized spacial score (nSPS) is 20.1. The minimum Gasteiger partial charge on any atom is -0.326 e. The van der Waals surface area contributed by atoms with Crippen molar-refractivity contribution in [3.8, 4) is 0 Å². The van der Waals surface area contributed by atoms with Crippen LogP contribution in [-0.4, -0.2) is 40.0 Å². The molecule has 2 aromatic rings. The van der Waals surface area contributed by atoms with E-state index in [2.05, 4.69) is 22.6 Å². The lowest BCUT2D eigenvalue weighted by Gasteiger charge is -2.21. The number of likely N-dealkylation sites (tertiary alicyclic amines) is 1. The maximum absolute atomic E-state index is 6.27. The van der Waals surface area contributed by atoms with Gasteiger partial charge >= 0.3 is 0 Å². The molecule has 0 N–H and O–H groups in total. The fraction of sp³-hybridized carbons (Fsp3) is 0.533. The van der Waals surface area contributed by atoms with Gasteiger partial charge in [0, 0.05) is 24.9 Å². The highest BCUT2D eigenvalue weighted by Crippen LogP contribution is 2.26. The molecule has 0 aliphatic carbocycles. The monoisotopic (exact) mass is 311 g/mol. The van der Waals surface area contributed by atoms with Gasteiger partial charge in [0.2, 0.25) is 0 Å². The van der Waals surface area contributed by atoms with Crippen molar-refractivity contribution in [3.63, 3.8) is 0 Å². The molecule has 1 saturated heterocycles. The van der Waals surface area contributed by atoms with Gasteiger partial charge in [-0.1, -0.05) is 17.7 Å². The molecule has 0 spiro atoms. The quantitative estimate of drug-likeness (QED) is 0.805. The van der Waals surface area contributed by atoms with Crippen LogP contribution < -0.4 is 0 Å². The lowest BCUT2D eigenvalue weighted by Crippen LogP contribution is -2.29. The topological polar surface area (TPSA) is 21.1 Å². The van der Waals surface area contributed by atoms with E-state index in [1.165, 1.54) is 19.4 Å². The summed E-state index contributed by atoms with van der Waals surface area (Å²) in [5.41, 5.74) is 2.02. The zero-order chi connectivity index (χ0) is 14.1. The van der Waals surface area contributed by atoms with E-state index in [-0.39, 0.29) is 0 Å². The molecular weight excluding hydrogens is 293 g/mol. The number of aryl methyl sites for hydroxylation is 1. The van der Waals surface area contributed by atoms with Crippen LogP contribution in [0.25, 0.3) is 11.0 Å². The molecule has 108 valence electrons. The van der Waals surface area contributed by atoms with E-state index in [9.17, 15) is 0 Å². The standard InChI is InChI=1S/C15H19Cl2N3/c1-19-9-3-4-11(19)10-20-13-6-2-5-12(17)15(13)18-14(20)7-8-16/h2,5-6,11H,3-4,7-10H2,1H3. The molecule has 1 fully saturated rings. The Balaban J connectivity index is 2.02. The van der Waals surface area contributed by atoms with E-state index in [1.807, 2.05) is 12.1 Å². The van der Waals surface area contributed by atoms with E-state index < -0.39 is 0 Å². The van der Waals surface area contributed by atoms with Crippen LogP contribution in [-0.2, 0) is 13.0 Å². The Morgan fingerprint density at radius 1 is 1.40 bits per heavy atom.